The average Bonchev–Trinajstić information content (AvgIpc) is 2.37. The Balaban J connectivity index is 2.18. The number of carboxylic acid groups (broad SMARTS) is 1. The number of hydrogen-bond donors (Lipinski definition) is 1. The molecule has 0 saturated heterocycles. The van der Waals surface area contributed by atoms with E-state index >= 15 is 0 Å². The Morgan fingerprint density at radius 3 is 2.56 bits per heavy atom. The standard InChI is InChI=1S/C14H11BrO3/c15-11-6-7-12(14(16)17)13(8-11)18-9-10-4-2-1-3-5-10/h1-8H,9H2,(H,16,17). The second-order valence-electron chi connectivity index (χ2n) is 3.72. The number of aromatic carboxylic acids is 1. The smallest absolute Gasteiger partial charge is 0.339 e. The van der Waals surface area contributed by atoms with E-state index in [-0.39, 0.29) is 5.56 Å². The summed E-state index contributed by atoms with van der Waals surface area (Å²) in [6, 6.07) is 14.5. The second-order valence-corrected chi connectivity index (χ2v) is 4.64. The zero-order valence-corrected chi connectivity index (χ0v) is 11.1. The van der Waals surface area contributed by atoms with Crippen LogP contribution in [0.15, 0.2) is 53.0 Å². The van der Waals surface area contributed by atoms with Crippen molar-refractivity contribution in [2.24, 2.45) is 0 Å². The molecule has 2 rings (SSSR count). The van der Waals surface area contributed by atoms with Crippen molar-refractivity contribution >= 4 is 21.9 Å². The molecule has 4 heteroatoms. The first-order valence-electron chi connectivity index (χ1n) is 5.36. The normalized spacial score (nSPS) is 10.1. The maximum atomic E-state index is 11.0. The molecule has 0 aliphatic heterocycles. The fourth-order valence-electron chi connectivity index (χ4n) is 1.53. The molecule has 0 aliphatic carbocycles. The molecule has 0 heterocycles. The lowest BCUT2D eigenvalue weighted by molar-refractivity contribution is 0.0691. The summed E-state index contributed by atoms with van der Waals surface area (Å²) >= 11 is 3.30. The van der Waals surface area contributed by atoms with Gasteiger partial charge in [-0.3, -0.25) is 0 Å². The van der Waals surface area contributed by atoms with Gasteiger partial charge in [0.2, 0.25) is 0 Å². The molecular formula is C14H11BrO3. The monoisotopic (exact) mass is 306 g/mol. The summed E-state index contributed by atoms with van der Waals surface area (Å²) in [7, 11) is 0. The maximum Gasteiger partial charge on any atom is 0.339 e. The van der Waals surface area contributed by atoms with Gasteiger partial charge in [0.25, 0.3) is 0 Å². The molecule has 92 valence electrons. The Bertz CT molecular complexity index is 552. The van der Waals surface area contributed by atoms with Gasteiger partial charge in [0.05, 0.1) is 0 Å². The van der Waals surface area contributed by atoms with Crippen molar-refractivity contribution in [3.63, 3.8) is 0 Å². The van der Waals surface area contributed by atoms with Crippen molar-refractivity contribution in [2.45, 2.75) is 6.61 Å². The molecule has 0 bridgehead atoms. The first-order chi connectivity index (χ1) is 8.66. The minimum Gasteiger partial charge on any atom is -0.488 e. The summed E-state index contributed by atoms with van der Waals surface area (Å²) in [5.74, 6) is -0.633. The molecule has 18 heavy (non-hydrogen) atoms. The highest BCUT2D eigenvalue weighted by atomic mass is 79.9. The number of carboxylic acids is 1. The summed E-state index contributed by atoms with van der Waals surface area (Å²) in [5, 5.41) is 9.06. The van der Waals surface area contributed by atoms with Crippen LogP contribution in [0.5, 0.6) is 5.75 Å². The van der Waals surface area contributed by atoms with Gasteiger partial charge in [-0.2, -0.15) is 0 Å². The van der Waals surface area contributed by atoms with Gasteiger partial charge in [0, 0.05) is 4.47 Å². The van der Waals surface area contributed by atoms with Crippen molar-refractivity contribution in [3.8, 4) is 5.75 Å². The molecule has 2 aromatic carbocycles. The molecule has 0 aromatic heterocycles. The van der Waals surface area contributed by atoms with E-state index in [1.54, 1.807) is 12.1 Å². The van der Waals surface area contributed by atoms with Crippen LogP contribution >= 0.6 is 15.9 Å². The summed E-state index contributed by atoms with van der Waals surface area (Å²) in [5.41, 5.74) is 1.16. The van der Waals surface area contributed by atoms with Crippen LogP contribution in [0.3, 0.4) is 0 Å². The Labute approximate surface area is 113 Å². The fraction of sp³-hybridized carbons (Fsp3) is 0.0714. The van der Waals surface area contributed by atoms with Crippen LogP contribution in [0.25, 0.3) is 0 Å². The van der Waals surface area contributed by atoms with Gasteiger partial charge < -0.3 is 9.84 Å². The number of rotatable bonds is 4. The molecule has 2 aromatic rings. The van der Waals surface area contributed by atoms with Crippen molar-refractivity contribution in [2.75, 3.05) is 0 Å². The molecule has 0 amide bonds. The van der Waals surface area contributed by atoms with Crippen molar-refractivity contribution in [1.29, 1.82) is 0 Å². The second kappa shape index (κ2) is 5.69. The number of ether oxygens (including phenoxy) is 1. The third kappa shape index (κ3) is 3.11. The molecule has 0 fully saturated rings. The van der Waals surface area contributed by atoms with Crippen LogP contribution in [-0.2, 0) is 6.61 Å². The van der Waals surface area contributed by atoms with Crippen molar-refractivity contribution in [3.05, 3.63) is 64.1 Å². The molecule has 0 atom stereocenters. The van der Waals surface area contributed by atoms with Crippen LogP contribution in [0.1, 0.15) is 15.9 Å². The third-order valence-electron chi connectivity index (χ3n) is 2.41. The Kier molecular flexibility index (Phi) is 3.99. The molecule has 0 saturated carbocycles. The lowest BCUT2D eigenvalue weighted by atomic mass is 10.2. The first-order valence-corrected chi connectivity index (χ1v) is 6.15. The first kappa shape index (κ1) is 12.6. The highest BCUT2D eigenvalue weighted by Crippen LogP contribution is 2.24. The van der Waals surface area contributed by atoms with Crippen LogP contribution in [0.2, 0.25) is 0 Å². The summed E-state index contributed by atoms with van der Waals surface area (Å²) in [6.07, 6.45) is 0. The van der Waals surface area contributed by atoms with Gasteiger partial charge in [0.15, 0.2) is 0 Å². The summed E-state index contributed by atoms with van der Waals surface area (Å²) in [6.45, 7) is 0.345. The lowest BCUT2D eigenvalue weighted by Gasteiger charge is -2.09. The van der Waals surface area contributed by atoms with E-state index in [1.165, 1.54) is 6.07 Å². The molecule has 1 N–H and O–H groups in total. The molecular weight excluding hydrogens is 296 g/mol. The molecule has 0 radical (unpaired) electrons. The predicted molar refractivity (Wildman–Crippen MR) is 71.9 cm³/mol. The third-order valence-corrected chi connectivity index (χ3v) is 2.90. The highest BCUT2D eigenvalue weighted by molar-refractivity contribution is 9.10. The zero-order valence-electron chi connectivity index (χ0n) is 9.47. The Morgan fingerprint density at radius 1 is 1.17 bits per heavy atom. The van der Waals surface area contributed by atoms with Gasteiger partial charge in [-0.15, -0.1) is 0 Å². The fourth-order valence-corrected chi connectivity index (χ4v) is 1.87. The lowest BCUT2D eigenvalue weighted by Crippen LogP contribution is -2.03. The SMILES string of the molecule is O=C(O)c1ccc(Br)cc1OCc1ccccc1. The van der Waals surface area contributed by atoms with E-state index in [0.717, 1.165) is 10.0 Å². The maximum absolute atomic E-state index is 11.0. The Hall–Kier alpha value is -1.81. The van der Waals surface area contributed by atoms with Crippen molar-refractivity contribution < 1.29 is 14.6 Å². The molecule has 0 spiro atoms. The van der Waals surface area contributed by atoms with Gasteiger partial charge in [-0.1, -0.05) is 46.3 Å². The van der Waals surface area contributed by atoms with Crippen LogP contribution in [0.4, 0.5) is 0 Å². The van der Waals surface area contributed by atoms with Gasteiger partial charge in [-0.25, -0.2) is 4.79 Å². The zero-order chi connectivity index (χ0) is 13.0. The van der Waals surface area contributed by atoms with Gasteiger partial charge in [-0.05, 0) is 23.8 Å². The number of carbonyl (C=O) groups is 1. The quantitative estimate of drug-likeness (QED) is 0.936. The Morgan fingerprint density at radius 2 is 1.89 bits per heavy atom. The topological polar surface area (TPSA) is 46.5 Å². The van der Waals surface area contributed by atoms with E-state index < -0.39 is 5.97 Å². The largest absolute Gasteiger partial charge is 0.488 e. The molecule has 3 nitrogen and oxygen atoms in total. The number of hydrogen-bond acceptors (Lipinski definition) is 2. The number of halogens is 1. The predicted octanol–water partition coefficient (Wildman–Crippen LogP) is 3.73. The van der Waals surface area contributed by atoms with Crippen LogP contribution < -0.4 is 4.74 Å². The number of benzene rings is 2. The highest BCUT2D eigenvalue weighted by Gasteiger charge is 2.11. The summed E-state index contributed by atoms with van der Waals surface area (Å²) in [4.78, 5) is 11.0. The minimum atomic E-state index is -0.995. The van der Waals surface area contributed by atoms with Crippen LogP contribution in [-0.4, -0.2) is 11.1 Å². The van der Waals surface area contributed by atoms with Gasteiger partial charge >= 0.3 is 5.97 Å². The molecule has 0 aliphatic rings. The van der Waals surface area contributed by atoms with Crippen LogP contribution in [0, 0.1) is 0 Å². The van der Waals surface area contributed by atoms with Gasteiger partial charge in [0.1, 0.15) is 17.9 Å². The van der Waals surface area contributed by atoms with E-state index in [2.05, 4.69) is 15.9 Å². The average molecular weight is 307 g/mol. The van der Waals surface area contributed by atoms with E-state index in [0.29, 0.717) is 12.4 Å². The van der Waals surface area contributed by atoms with Crippen molar-refractivity contribution in [1.82, 2.24) is 0 Å². The summed E-state index contributed by atoms with van der Waals surface area (Å²) < 4.78 is 6.34. The molecule has 0 unspecified atom stereocenters. The van der Waals surface area contributed by atoms with E-state index in [1.807, 2.05) is 30.3 Å². The van der Waals surface area contributed by atoms with E-state index in [9.17, 15) is 4.79 Å². The minimum absolute atomic E-state index is 0.161. The van der Waals surface area contributed by atoms with E-state index in [4.69, 9.17) is 9.84 Å².